The van der Waals surface area contributed by atoms with Crippen molar-refractivity contribution in [1.29, 1.82) is 0 Å². The smallest absolute Gasteiger partial charge is 0.0509 e. The van der Waals surface area contributed by atoms with E-state index in [1.54, 1.807) is 0 Å². The van der Waals surface area contributed by atoms with E-state index < -0.39 is 0 Å². The van der Waals surface area contributed by atoms with Gasteiger partial charge in [0.05, 0.1) is 5.88 Å². The van der Waals surface area contributed by atoms with Crippen molar-refractivity contribution < 1.29 is 0 Å². The molecular weight excluding hydrogens is 232 g/mol. The summed E-state index contributed by atoms with van der Waals surface area (Å²) in [7, 11) is 0. The Kier molecular flexibility index (Phi) is 3.62. The quantitative estimate of drug-likeness (QED) is 0.746. The highest BCUT2D eigenvalue weighted by Crippen LogP contribution is 2.33. The molecule has 2 rings (SSSR count). The molecule has 0 bridgehead atoms. The van der Waals surface area contributed by atoms with E-state index in [0.717, 1.165) is 24.3 Å². The van der Waals surface area contributed by atoms with Crippen LogP contribution in [0.3, 0.4) is 0 Å². The standard InChI is InChI=1S/C14H21ClN2/c1-11-8-13(12(9-15)10-16-11)17-6-4-14(2,3)5-7-17/h8,10H,4-7,9H2,1-3H3. The van der Waals surface area contributed by atoms with Crippen LogP contribution in [-0.4, -0.2) is 18.1 Å². The van der Waals surface area contributed by atoms with Crippen molar-refractivity contribution in [3.05, 3.63) is 23.5 Å². The van der Waals surface area contributed by atoms with E-state index in [-0.39, 0.29) is 0 Å². The Balaban J connectivity index is 2.20. The molecule has 0 atom stereocenters. The maximum atomic E-state index is 5.99. The number of aromatic nitrogens is 1. The summed E-state index contributed by atoms with van der Waals surface area (Å²) in [4.78, 5) is 6.78. The highest BCUT2D eigenvalue weighted by atomic mass is 35.5. The van der Waals surface area contributed by atoms with Gasteiger partial charge in [-0.05, 0) is 31.2 Å². The second-order valence-electron chi connectivity index (χ2n) is 5.74. The Hall–Kier alpha value is -0.760. The van der Waals surface area contributed by atoms with Gasteiger partial charge in [0.2, 0.25) is 0 Å². The van der Waals surface area contributed by atoms with E-state index in [4.69, 9.17) is 11.6 Å². The Morgan fingerprint density at radius 3 is 2.59 bits per heavy atom. The number of alkyl halides is 1. The first kappa shape index (κ1) is 12.7. The summed E-state index contributed by atoms with van der Waals surface area (Å²) in [6, 6.07) is 2.16. The molecule has 1 aromatic heterocycles. The van der Waals surface area contributed by atoms with Crippen LogP contribution >= 0.6 is 11.6 Å². The number of hydrogen-bond donors (Lipinski definition) is 0. The van der Waals surface area contributed by atoms with Crippen LogP contribution in [0.15, 0.2) is 12.3 Å². The summed E-state index contributed by atoms with van der Waals surface area (Å²) in [6.45, 7) is 8.99. The molecule has 0 N–H and O–H groups in total. The molecular formula is C14H21ClN2. The van der Waals surface area contributed by atoms with Gasteiger partial charge < -0.3 is 4.90 Å². The second-order valence-corrected chi connectivity index (χ2v) is 6.01. The molecule has 0 amide bonds. The second kappa shape index (κ2) is 4.85. The molecule has 17 heavy (non-hydrogen) atoms. The van der Waals surface area contributed by atoms with Crippen molar-refractivity contribution in [1.82, 2.24) is 4.98 Å². The van der Waals surface area contributed by atoms with Crippen molar-refractivity contribution in [2.75, 3.05) is 18.0 Å². The first-order valence-electron chi connectivity index (χ1n) is 6.28. The highest BCUT2D eigenvalue weighted by molar-refractivity contribution is 6.17. The van der Waals surface area contributed by atoms with Gasteiger partial charge in [-0.2, -0.15) is 0 Å². The molecule has 0 aliphatic carbocycles. The third-order valence-electron chi connectivity index (χ3n) is 3.70. The van der Waals surface area contributed by atoms with Gasteiger partial charge in [-0.3, -0.25) is 4.98 Å². The van der Waals surface area contributed by atoms with Crippen LogP contribution in [0, 0.1) is 12.3 Å². The molecule has 3 heteroatoms. The van der Waals surface area contributed by atoms with Gasteiger partial charge in [-0.15, -0.1) is 11.6 Å². The summed E-state index contributed by atoms with van der Waals surface area (Å²) >= 11 is 5.99. The molecule has 1 saturated heterocycles. The van der Waals surface area contributed by atoms with Gasteiger partial charge >= 0.3 is 0 Å². The van der Waals surface area contributed by atoms with Crippen molar-refractivity contribution in [3.63, 3.8) is 0 Å². The zero-order valence-electron chi connectivity index (χ0n) is 11.0. The molecule has 2 nitrogen and oxygen atoms in total. The summed E-state index contributed by atoms with van der Waals surface area (Å²) in [5.74, 6) is 0.544. The minimum Gasteiger partial charge on any atom is -0.371 e. The molecule has 0 aromatic carbocycles. The van der Waals surface area contributed by atoms with Crippen LogP contribution < -0.4 is 4.90 Å². The van der Waals surface area contributed by atoms with Crippen LogP contribution in [0.25, 0.3) is 0 Å². The maximum Gasteiger partial charge on any atom is 0.0509 e. The average Bonchev–Trinajstić information content (AvgIpc) is 2.29. The molecule has 1 aliphatic rings. The molecule has 2 heterocycles. The van der Waals surface area contributed by atoms with E-state index in [1.165, 1.54) is 18.5 Å². The van der Waals surface area contributed by atoms with E-state index in [9.17, 15) is 0 Å². The fraction of sp³-hybridized carbons (Fsp3) is 0.643. The van der Waals surface area contributed by atoms with E-state index in [2.05, 4.69) is 29.8 Å². The zero-order valence-corrected chi connectivity index (χ0v) is 11.7. The Bertz CT molecular complexity index is 391. The van der Waals surface area contributed by atoms with Gasteiger partial charge in [0.1, 0.15) is 0 Å². The number of piperidine rings is 1. The van der Waals surface area contributed by atoms with Crippen LogP contribution in [0.4, 0.5) is 5.69 Å². The van der Waals surface area contributed by atoms with Crippen LogP contribution in [0.1, 0.15) is 37.9 Å². The summed E-state index contributed by atoms with van der Waals surface area (Å²) in [5.41, 5.74) is 3.98. The summed E-state index contributed by atoms with van der Waals surface area (Å²) in [6.07, 6.45) is 4.41. The monoisotopic (exact) mass is 252 g/mol. The lowest BCUT2D eigenvalue weighted by atomic mass is 9.82. The molecule has 0 saturated carbocycles. The SMILES string of the molecule is Cc1cc(N2CCC(C)(C)CC2)c(CCl)cn1. The van der Waals surface area contributed by atoms with Gasteiger partial charge in [0.15, 0.2) is 0 Å². The molecule has 0 spiro atoms. The number of hydrogen-bond acceptors (Lipinski definition) is 2. The number of rotatable bonds is 2. The van der Waals surface area contributed by atoms with E-state index >= 15 is 0 Å². The molecule has 1 aliphatic heterocycles. The van der Waals surface area contributed by atoms with Gasteiger partial charge in [0.25, 0.3) is 0 Å². The Morgan fingerprint density at radius 1 is 1.35 bits per heavy atom. The average molecular weight is 253 g/mol. The largest absolute Gasteiger partial charge is 0.371 e. The third kappa shape index (κ3) is 2.92. The van der Waals surface area contributed by atoms with Crippen LogP contribution in [-0.2, 0) is 5.88 Å². The zero-order chi connectivity index (χ0) is 12.5. The number of halogens is 1. The first-order chi connectivity index (χ1) is 8.02. The maximum absolute atomic E-state index is 5.99. The number of aryl methyl sites for hydroxylation is 1. The lowest BCUT2D eigenvalue weighted by molar-refractivity contribution is 0.279. The summed E-state index contributed by atoms with van der Waals surface area (Å²) in [5, 5.41) is 0. The summed E-state index contributed by atoms with van der Waals surface area (Å²) < 4.78 is 0. The van der Waals surface area contributed by atoms with Crippen LogP contribution in [0.5, 0.6) is 0 Å². The minimum absolute atomic E-state index is 0.486. The first-order valence-corrected chi connectivity index (χ1v) is 6.82. The van der Waals surface area contributed by atoms with Gasteiger partial charge in [-0.25, -0.2) is 0 Å². The predicted octanol–water partition coefficient (Wildman–Crippen LogP) is 3.76. The van der Waals surface area contributed by atoms with Crippen molar-refractivity contribution in [2.24, 2.45) is 5.41 Å². The Labute approximate surface area is 109 Å². The van der Waals surface area contributed by atoms with Crippen molar-refractivity contribution >= 4 is 17.3 Å². The van der Waals surface area contributed by atoms with Gasteiger partial charge in [0, 0.05) is 36.2 Å². The topological polar surface area (TPSA) is 16.1 Å². The lowest BCUT2D eigenvalue weighted by Gasteiger charge is -2.39. The third-order valence-corrected chi connectivity index (χ3v) is 3.99. The predicted molar refractivity (Wildman–Crippen MR) is 73.8 cm³/mol. The van der Waals surface area contributed by atoms with Gasteiger partial charge in [-0.1, -0.05) is 13.8 Å². The van der Waals surface area contributed by atoms with Crippen molar-refractivity contribution in [3.8, 4) is 0 Å². The van der Waals surface area contributed by atoms with E-state index in [1.807, 2.05) is 13.1 Å². The fourth-order valence-corrected chi connectivity index (χ4v) is 2.53. The van der Waals surface area contributed by atoms with Crippen molar-refractivity contribution in [2.45, 2.75) is 39.5 Å². The normalized spacial score (nSPS) is 19.4. The van der Waals surface area contributed by atoms with E-state index in [0.29, 0.717) is 11.3 Å². The molecule has 94 valence electrons. The number of pyridine rings is 1. The Morgan fingerprint density at radius 2 is 2.00 bits per heavy atom. The fourth-order valence-electron chi connectivity index (χ4n) is 2.32. The number of nitrogens with zero attached hydrogens (tertiary/aromatic N) is 2. The molecule has 0 radical (unpaired) electrons. The molecule has 0 unspecified atom stereocenters. The minimum atomic E-state index is 0.486. The number of anilines is 1. The highest BCUT2D eigenvalue weighted by Gasteiger charge is 2.26. The van der Waals surface area contributed by atoms with Crippen LogP contribution in [0.2, 0.25) is 0 Å². The lowest BCUT2D eigenvalue weighted by Crippen LogP contribution is -2.37. The molecule has 1 aromatic rings. The molecule has 1 fully saturated rings.